The van der Waals surface area contributed by atoms with Gasteiger partial charge in [-0.3, -0.25) is 4.79 Å². The fraction of sp³-hybridized carbons (Fsp3) is 0. The number of carbonyl (C=O) groups is 1. The first-order chi connectivity index (χ1) is 8.06. The first-order valence-electron chi connectivity index (χ1n) is 4.65. The highest BCUT2D eigenvalue weighted by molar-refractivity contribution is 6.35. The minimum atomic E-state index is -0.681. The van der Waals surface area contributed by atoms with Crippen LogP contribution in [0.3, 0.4) is 0 Å². The van der Waals surface area contributed by atoms with E-state index in [0.29, 0.717) is 21.3 Å². The highest BCUT2D eigenvalue weighted by Crippen LogP contribution is 2.25. The van der Waals surface area contributed by atoms with Crippen LogP contribution in [-0.2, 0) is 0 Å². The fourth-order valence-electron chi connectivity index (χ4n) is 1.34. The summed E-state index contributed by atoms with van der Waals surface area (Å²) in [5.74, 6) is -0.724. The van der Waals surface area contributed by atoms with Crippen molar-refractivity contribution in [3.8, 4) is 11.3 Å². The summed E-state index contributed by atoms with van der Waals surface area (Å²) in [6.45, 7) is 0. The maximum absolute atomic E-state index is 11.0. The Balaban J connectivity index is 2.52. The van der Waals surface area contributed by atoms with Gasteiger partial charge in [0, 0.05) is 21.8 Å². The standard InChI is InChI=1S/C11H7Cl2N3O/c12-7-3-6(4-8(13)5-7)9-1-2-15-11(16-9)10(14)17/h1-5H,(H2,14,17). The van der Waals surface area contributed by atoms with Crippen molar-refractivity contribution in [2.24, 2.45) is 5.73 Å². The van der Waals surface area contributed by atoms with E-state index in [4.69, 9.17) is 28.9 Å². The fourth-order valence-corrected chi connectivity index (χ4v) is 1.87. The third-order valence-corrected chi connectivity index (χ3v) is 2.47. The van der Waals surface area contributed by atoms with Crippen LogP contribution in [-0.4, -0.2) is 15.9 Å². The van der Waals surface area contributed by atoms with Crippen LogP contribution in [0.5, 0.6) is 0 Å². The van der Waals surface area contributed by atoms with Crippen LogP contribution in [0, 0.1) is 0 Å². The van der Waals surface area contributed by atoms with Crippen LogP contribution < -0.4 is 5.73 Å². The van der Waals surface area contributed by atoms with Gasteiger partial charge < -0.3 is 5.73 Å². The molecule has 0 radical (unpaired) electrons. The summed E-state index contributed by atoms with van der Waals surface area (Å²) in [5, 5.41) is 0.985. The van der Waals surface area contributed by atoms with Crippen LogP contribution in [0.15, 0.2) is 30.5 Å². The van der Waals surface area contributed by atoms with E-state index in [2.05, 4.69) is 9.97 Å². The lowest BCUT2D eigenvalue weighted by molar-refractivity contribution is 0.0990. The van der Waals surface area contributed by atoms with E-state index in [-0.39, 0.29) is 5.82 Å². The molecule has 1 heterocycles. The molecule has 2 rings (SSSR count). The lowest BCUT2D eigenvalue weighted by Gasteiger charge is -2.03. The van der Waals surface area contributed by atoms with Crippen LogP contribution >= 0.6 is 23.2 Å². The highest BCUT2D eigenvalue weighted by atomic mass is 35.5. The van der Waals surface area contributed by atoms with Gasteiger partial charge in [-0.2, -0.15) is 0 Å². The Labute approximate surface area is 107 Å². The number of nitrogens with zero attached hydrogens (tertiary/aromatic N) is 2. The molecule has 0 saturated heterocycles. The predicted octanol–water partition coefficient (Wildman–Crippen LogP) is 2.55. The van der Waals surface area contributed by atoms with Gasteiger partial charge in [0.25, 0.3) is 5.91 Å². The van der Waals surface area contributed by atoms with Crippen LogP contribution in [0.25, 0.3) is 11.3 Å². The Hall–Kier alpha value is -1.65. The molecule has 0 bridgehead atoms. The van der Waals surface area contributed by atoms with E-state index < -0.39 is 5.91 Å². The number of nitrogens with two attached hydrogens (primary N) is 1. The molecule has 1 aromatic heterocycles. The van der Waals surface area contributed by atoms with Gasteiger partial charge in [-0.1, -0.05) is 23.2 Å². The summed E-state index contributed by atoms with van der Waals surface area (Å²) in [7, 11) is 0. The zero-order valence-electron chi connectivity index (χ0n) is 8.52. The van der Waals surface area contributed by atoms with E-state index >= 15 is 0 Å². The third-order valence-electron chi connectivity index (χ3n) is 2.03. The van der Waals surface area contributed by atoms with Gasteiger partial charge in [0.05, 0.1) is 5.69 Å². The van der Waals surface area contributed by atoms with E-state index in [9.17, 15) is 4.79 Å². The van der Waals surface area contributed by atoms with Gasteiger partial charge in [-0.05, 0) is 24.3 Å². The minimum absolute atomic E-state index is 0.0430. The molecular weight excluding hydrogens is 261 g/mol. The van der Waals surface area contributed by atoms with Crippen molar-refractivity contribution in [1.82, 2.24) is 9.97 Å². The quantitative estimate of drug-likeness (QED) is 0.909. The normalized spacial score (nSPS) is 10.2. The summed E-state index contributed by atoms with van der Waals surface area (Å²) in [6, 6.07) is 6.65. The zero-order valence-corrected chi connectivity index (χ0v) is 10.0. The van der Waals surface area contributed by atoms with Crippen molar-refractivity contribution >= 4 is 29.1 Å². The lowest BCUT2D eigenvalue weighted by Crippen LogP contribution is -2.15. The second-order valence-electron chi connectivity index (χ2n) is 3.29. The Bertz CT molecular complexity index is 566. The van der Waals surface area contributed by atoms with Gasteiger partial charge in [0.2, 0.25) is 5.82 Å². The summed E-state index contributed by atoms with van der Waals surface area (Å²) in [4.78, 5) is 18.7. The van der Waals surface area contributed by atoms with Gasteiger partial charge in [0.1, 0.15) is 0 Å². The van der Waals surface area contributed by atoms with E-state index in [1.54, 1.807) is 24.3 Å². The largest absolute Gasteiger partial charge is 0.363 e. The number of benzene rings is 1. The second-order valence-corrected chi connectivity index (χ2v) is 4.16. The average Bonchev–Trinajstić information content (AvgIpc) is 2.28. The Morgan fingerprint density at radius 1 is 1.18 bits per heavy atom. The number of hydrogen-bond acceptors (Lipinski definition) is 3. The molecule has 17 heavy (non-hydrogen) atoms. The minimum Gasteiger partial charge on any atom is -0.363 e. The molecule has 6 heteroatoms. The van der Waals surface area contributed by atoms with Crippen LogP contribution in [0.4, 0.5) is 0 Å². The van der Waals surface area contributed by atoms with Crippen molar-refractivity contribution in [3.63, 3.8) is 0 Å². The van der Waals surface area contributed by atoms with Gasteiger partial charge in [-0.15, -0.1) is 0 Å². The molecule has 0 atom stereocenters. The summed E-state index contributed by atoms with van der Waals surface area (Å²) in [6.07, 6.45) is 1.46. The summed E-state index contributed by atoms with van der Waals surface area (Å²) >= 11 is 11.8. The van der Waals surface area contributed by atoms with Gasteiger partial charge in [0.15, 0.2) is 0 Å². The van der Waals surface area contributed by atoms with Crippen molar-refractivity contribution in [2.75, 3.05) is 0 Å². The molecule has 4 nitrogen and oxygen atoms in total. The molecule has 0 unspecified atom stereocenters. The van der Waals surface area contributed by atoms with Crippen molar-refractivity contribution in [1.29, 1.82) is 0 Å². The number of rotatable bonds is 2. The molecule has 0 aliphatic carbocycles. The number of primary amides is 1. The maximum Gasteiger partial charge on any atom is 0.286 e. The second kappa shape index (κ2) is 4.69. The van der Waals surface area contributed by atoms with E-state index in [0.717, 1.165) is 0 Å². The molecule has 0 aliphatic heterocycles. The van der Waals surface area contributed by atoms with Crippen LogP contribution in [0.1, 0.15) is 10.6 Å². The SMILES string of the molecule is NC(=O)c1nccc(-c2cc(Cl)cc(Cl)c2)n1. The van der Waals surface area contributed by atoms with Crippen LogP contribution in [0.2, 0.25) is 10.0 Å². The molecule has 1 amide bonds. The average molecular weight is 268 g/mol. The van der Waals surface area contributed by atoms with E-state index in [1.165, 1.54) is 6.20 Å². The molecule has 1 aromatic carbocycles. The number of hydrogen-bond donors (Lipinski definition) is 1. The number of amides is 1. The Kier molecular flexibility index (Phi) is 3.26. The predicted molar refractivity (Wildman–Crippen MR) is 66.0 cm³/mol. The molecule has 0 spiro atoms. The number of aromatic nitrogens is 2. The smallest absolute Gasteiger partial charge is 0.286 e. The Morgan fingerprint density at radius 3 is 2.41 bits per heavy atom. The van der Waals surface area contributed by atoms with Crippen molar-refractivity contribution in [3.05, 3.63) is 46.3 Å². The summed E-state index contributed by atoms with van der Waals surface area (Å²) in [5.41, 5.74) is 6.35. The molecule has 0 aliphatic rings. The topological polar surface area (TPSA) is 68.9 Å². The third kappa shape index (κ3) is 2.72. The molecular formula is C11H7Cl2N3O. The highest BCUT2D eigenvalue weighted by Gasteiger charge is 2.07. The molecule has 0 saturated carbocycles. The zero-order chi connectivity index (χ0) is 12.4. The number of carbonyl (C=O) groups excluding carboxylic acids is 1. The number of halogens is 2. The molecule has 86 valence electrons. The maximum atomic E-state index is 11.0. The molecule has 2 N–H and O–H groups in total. The first-order valence-corrected chi connectivity index (χ1v) is 5.41. The first kappa shape index (κ1) is 11.8. The summed E-state index contributed by atoms with van der Waals surface area (Å²) < 4.78 is 0. The van der Waals surface area contributed by atoms with Gasteiger partial charge in [-0.25, -0.2) is 9.97 Å². The lowest BCUT2D eigenvalue weighted by atomic mass is 10.1. The van der Waals surface area contributed by atoms with Crippen molar-refractivity contribution < 1.29 is 4.79 Å². The molecule has 2 aromatic rings. The van der Waals surface area contributed by atoms with E-state index in [1.807, 2.05) is 0 Å². The van der Waals surface area contributed by atoms with Crippen molar-refractivity contribution in [2.45, 2.75) is 0 Å². The molecule has 0 fully saturated rings. The monoisotopic (exact) mass is 267 g/mol. The Morgan fingerprint density at radius 2 is 1.82 bits per heavy atom. The van der Waals surface area contributed by atoms with Gasteiger partial charge >= 0.3 is 0 Å².